The van der Waals surface area contributed by atoms with Crippen LogP contribution in [0.5, 0.6) is 0 Å². The molecule has 606 valence electrons. The number of esters is 4. The van der Waals surface area contributed by atoms with Crippen LogP contribution in [0, 0.1) is 5.92 Å². The number of phosphoric ester groups is 2. The normalized spacial score (nSPS) is 13.8. The molecule has 0 aromatic carbocycles. The Balaban J connectivity index is 5.10. The molecule has 5 atom stereocenters. The average molecular weight is 1490 g/mol. The molecule has 0 rings (SSSR count). The summed E-state index contributed by atoms with van der Waals surface area (Å²) in [6.45, 7) is 7.28. The molecule has 0 bridgehead atoms. The Morgan fingerprint density at radius 3 is 0.667 bits per heavy atom. The topological polar surface area (TPSA) is 237 Å². The minimum Gasteiger partial charge on any atom is -0.462 e. The summed E-state index contributed by atoms with van der Waals surface area (Å²) < 4.78 is 68.6. The van der Waals surface area contributed by atoms with Crippen LogP contribution in [-0.2, 0) is 65.4 Å². The first kappa shape index (κ1) is 100. The Hall–Kier alpha value is -1.94. The monoisotopic (exact) mass is 1490 g/mol. The standard InChI is InChI=1S/C83H162O17P2/c1-6-9-12-15-17-19-21-23-25-27-29-31-33-37-41-45-49-53-58-64-69-83(88)100-79(73-94-81(86)67-62-57-52-48-44-40-36-32-30-28-26-24-22-20-18-16-13-10-7-2)75-98-102(91,92)96-71-77(84)70-95-101(89,90)97-74-78(72-93-80(85)66-61-55-14-11-8-3)99-82(87)68-63-59-54-50-46-42-38-34-35-39-43-47-51-56-60-65-76(4)5/h76-79,84H,6-75H2,1-5H3,(H,89,90)(H,91,92)/t77-,78+,79+/m0/s1. The summed E-state index contributed by atoms with van der Waals surface area (Å²) >= 11 is 0. The molecule has 19 heteroatoms. The molecule has 102 heavy (non-hydrogen) atoms. The zero-order valence-corrected chi connectivity index (χ0v) is 68.5. The summed E-state index contributed by atoms with van der Waals surface area (Å²) in [4.78, 5) is 72.8. The predicted octanol–water partition coefficient (Wildman–Crippen LogP) is 25.2. The van der Waals surface area contributed by atoms with Gasteiger partial charge in [0.15, 0.2) is 12.2 Å². The van der Waals surface area contributed by atoms with Crippen LogP contribution in [0.4, 0.5) is 0 Å². The fourth-order valence-corrected chi connectivity index (χ4v) is 14.5. The Bertz CT molecular complexity index is 1940. The second-order valence-corrected chi connectivity index (χ2v) is 33.3. The lowest BCUT2D eigenvalue weighted by Crippen LogP contribution is -2.30. The average Bonchev–Trinajstić information content (AvgIpc) is 0.947. The van der Waals surface area contributed by atoms with Gasteiger partial charge in [0.05, 0.1) is 26.4 Å². The van der Waals surface area contributed by atoms with Gasteiger partial charge in [-0.1, -0.05) is 394 Å². The van der Waals surface area contributed by atoms with E-state index in [1.807, 2.05) is 0 Å². The third-order valence-electron chi connectivity index (χ3n) is 19.5. The second kappa shape index (κ2) is 75.9. The number of hydrogen-bond donors (Lipinski definition) is 3. The lowest BCUT2D eigenvalue weighted by atomic mass is 10.0. The molecule has 0 fully saturated rings. The highest BCUT2D eigenvalue weighted by atomic mass is 31.2. The second-order valence-electron chi connectivity index (χ2n) is 30.3. The van der Waals surface area contributed by atoms with Crippen molar-refractivity contribution in [3.8, 4) is 0 Å². The number of ether oxygens (including phenoxy) is 4. The molecule has 0 spiro atoms. The summed E-state index contributed by atoms with van der Waals surface area (Å²) in [5, 5.41) is 10.6. The molecule has 0 aliphatic carbocycles. The van der Waals surface area contributed by atoms with Gasteiger partial charge in [0, 0.05) is 25.7 Å². The smallest absolute Gasteiger partial charge is 0.462 e. The van der Waals surface area contributed by atoms with Gasteiger partial charge in [0.1, 0.15) is 19.3 Å². The summed E-state index contributed by atoms with van der Waals surface area (Å²) in [6.07, 6.45) is 68.6. The molecule has 0 aromatic heterocycles. The number of carbonyl (C=O) groups excluding carboxylic acids is 4. The van der Waals surface area contributed by atoms with Crippen molar-refractivity contribution in [2.75, 3.05) is 39.6 Å². The quantitative estimate of drug-likeness (QED) is 0.0222. The lowest BCUT2D eigenvalue weighted by molar-refractivity contribution is -0.161. The Labute approximate surface area is 626 Å². The van der Waals surface area contributed by atoms with Crippen LogP contribution in [0.2, 0.25) is 0 Å². The number of aliphatic hydroxyl groups excluding tert-OH is 1. The fraction of sp³-hybridized carbons (Fsp3) is 0.952. The highest BCUT2D eigenvalue weighted by Gasteiger charge is 2.30. The first-order valence-corrected chi connectivity index (χ1v) is 46.1. The van der Waals surface area contributed by atoms with E-state index in [-0.39, 0.29) is 25.7 Å². The first-order valence-electron chi connectivity index (χ1n) is 43.1. The van der Waals surface area contributed by atoms with Crippen molar-refractivity contribution in [2.24, 2.45) is 5.92 Å². The van der Waals surface area contributed by atoms with E-state index >= 15 is 0 Å². The summed E-state index contributed by atoms with van der Waals surface area (Å²) in [5.41, 5.74) is 0. The maximum atomic E-state index is 13.1. The SMILES string of the molecule is CCCCCCCCCCCCCCCCCCCCCCC(=O)O[C@H](COC(=O)CCCCCCCCCCCCCCCCCCCCC)COP(=O)(O)OC[C@@H](O)COP(=O)(O)OC[C@@H](COC(=O)CCCCCCC)OC(=O)CCCCCCCCCCCCCCCCCC(C)C. The molecule has 17 nitrogen and oxygen atoms in total. The highest BCUT2D eigenvalue weighted by molar-refractivity contribution is 7.47. The molecule has 3 N–H and O–H groups in total. The van der Waals surface area contributed by atoms with E-state index in [1.54, 1.807) is 0 Å². The van der Waals surface area contributed by atoms with Gasteiger partial charge in [0.2, 0.25) is 0 Å². The number of unbranched alkanes of at least 4 members (excludes halogenated alkanes) is 55. The molecule has 0 heterocycles. The van der Waals surface area contributed by atoms with Crippen LogP contribution in [0.25, 0.3) is 0 Å². The summed E-state index contributed by atoms with van der Waals surface area (Å²) in [7, 11) is -9.91. The summed E-state index contributed by atoms with van der Waals surface area (Å²) in [5.74, 6) is -1.31. The Morgan fingerprint density at radius 2 is 0.451 bits per heavy atom. The number of phosphoric acid groups is 2. The van der Waals surface area contributed by atoms with Crippen molar-refractivity contribution < 1.29 is 80.2 Å². The van der Waals surface area contributed by atoms with Gasteiger partial charge in [-0.05, 0) is 31.6 Å². The molecule has 2 unspecified atom stereocenters. The van der Waals surface area contributed by atoms with Crippen molar-refractivity contribution >= 4 is 39.5 Å². The van der Waals surface area contributed by atoms with Crippen molar-refractivity contribution in [1.82, 2.24) is 0 Å². The van der Waals surface area contributed by atoms with Gasteiger partial charge in [0.25, 0.3) is 0 Å². The predicted molar refractivity (Wildman–Crippen MR) is 418 cm³/mol. The zero-order valence-electron chi connectivity index (χ0n) is 66.8. The maximum Gasteiger partial charge on any atom is 0.472 e. The lowest BCUT2D eigenvalue weighted by Gasteiger charge is -2.21. The molecule has 0 aromatic rings. The minimum atomic E-state index is -4.96. The van der Waals surface area contributed by atoms with E-state index < -0.39 is 97.5 Å². The van der Waals surface area contributed by atoms with Gasteiger partial charge in [-0.25, -0.2) is 9.13 Å². The molecule has 0 saturated carbocycles. The number of rotatable bonds is 83. The van der Waals surface area contributed by atoms with E-state index in [2.05, 4.69) is 34.6 Å². The van der Waals surface area contributed by atoms with Crippen molar-refractivity contribution in [2.45, 2.75) is 464 Å². The number of carbonyl (C=O) groups is 4. The van der Waals surface area contributed by atoms with Crippen LogP contribution in [0.3, 0.4) is 0 Å². The molecular formula is C83H162O17P2. The first-order chi connectivity index (χ1) is 49.5. The van der Waals surface area contributed by atoms with Crippen LogP contribution in [-0.4, -0.2) is 96.7 Å². The van der Waals surface area contributed by atoms with Crippen LogP contribution >= 0.6 is 15.6 Å². The molecule has 0 amide bonds. The highest BCUT2D eigenvalue weighted by Crippen LogP contribution is 2.45. The fourth-order valence-electron chi connectivity index (χ4n) is 12.9. The maximum absolute atomic E-state index is 13.1. The van der Waals surface area contributed by atoms with Crippen LogP contribution in [0.1, 0.15) is 446 Å². The van der Waals surface area contributed by atoms with E-state index in [1.165, 1.54) is 263 Å². The van der Waals surface area contributed by atoms with Crippen molar-refractivity contribution in [3.05, 3.63) is 0 Å². The molecule has 0 aliphatic heterocycles. The molecular weight excluding hydrogens is 1330 g/mol. The van der Waals surface area contributed by atoms with Gasteiger partial charge in [-0.15, -0.1) is 0 Å². The summed E-state index contributed by atoms with van der Waals surface area (Å²) in [6, 6.07) is 0. The van der Waals surface area contributed by atoms with Crippen LogP contribution < -0.4 is 0 Å². The minimum absolute atomic E-state index is 0.107. The Morgan fingerprint density at radius 1 is 0.265 bits per heavy atom. The van der Waals surface area contributed by atoms with E-state index in [4.69, 9.17) is 37.0 Å². The van der Waals surface area contributed by atoms with E-state index in [9.17, 15) is 43.2 Å². The van der Waals surface area contributed by atoms with Crippen LogP contribution in [0.15, 0.2) is 0 Å². The molecule has 0 radical (unpaired) electrons. The largest absolute Gasteiger partial charge is 0.472 e. The van der Waals surface area contributed by atoms with Gasteiger partial charge >= 0.3 is 39.5 Å². The van der Waals surface area contributed by atoms with Gasteiger partial charge in [-0.3, -0.25) is 37.3 Å². The zero-order chi connectivity index (χ0) is 74.8. The van der Waals surface area contributed by atoms with Gasteiger partial charge in [-0.2, -0.15) is 0 Å². The number of aliphatic hydroxyl groups is 1. The van der Waals surface area contributed by atoms with Crippen molar-refractivity contribution in [3.63, 3.8) is 0 Å². The van der Waals surface area contributed by atoms with Crippen molar-refractivity contribution in [1.29, 1.82) is 0 Å². The van der Waals surface area contributed by atoms with Gasteiger partial charge < -0.3 is 33.8 Å². The molecule has 0 aliphatic rings. The number of hydrogen-bond acceptors (Lipinski definition) is 15. The van der Waals surface area contributed by atoms with E-state index in [0.717, 1.165) is 102 Å². The Kier molecular flexibility index (Phi) is 74.4. The third kappa shape index (κ3) is 76.3. The van der Waals surface area contributed by atoms with E-state index in [0.29, 0.717) is 25.7 Å². The third-order valence-corrected chi connectivity index (χ3v) is 21.4. The molecule has 0 saturated heterocycles.